The van der Waals surface area contributed by atoms with E-state index in [1.807, 2.05) is 39.0 Å². The summed E-state index contributed by atoms with van der Waals surface area (Å²) in [5.41, 5.74) is 3.18. The van der Waals surface area contributed by atoms with Crippen LogP contribution < -0.4 is 0 Å². The summed E-state index contributed by atoms with van der Waals surface area (Å²) in [7, 11) is -3.03. The van der Waals surface area contributed by atoms with Crippen LogP contribution in [0, 0.1) is 12.8 Å². The molecule has 0 bridgehead atoms. The van der Waals surface area contributed by atoms with Crippen molar-refractivity contribution in [3.05, 3.63) is 47.3 Å². The second kappa shape index (κ2) is 9.34. The van der Waals surface area contributed by atoms with Crippen molar-refractivity contribution in [1.29, 1.82) is 0 Å². The number of aromatic amines is 1. The van der Waals surface area contributed by atoms with Crippen molar-refractivity contribution < 1.29 is 13.2 Å². The van der Waals surface area contributed by atoms with Gasteiger partial charge in [-0.2, -0.15) is 0 Å². The highest BCUT2D eigenvalue weighted by Crippen LogP contribution is 2.23. The fourth-order valence-corrected chi connectivity index (χ4v) is 6.14. The molecule has 1 atom stereocenters. The van der Waals surface area contributed by atoms with Crippen LogP contribution in [-0.2, 0) is 21.1 Å². The lowest BCUT2D eigenvalue weighted by atomic mass is 10.1. The van der Waals surface area contributed by atoms with Crippen molar-refractivity contribution in [3.63, 3.8) is 0 Å². The topological polar surface area (TPSA) is 83.1 Å². The smallest absolute Gasteiger partial charge is 0.233 e. The predicted molar refractivity (Wildman–Crippen MR) is 117 cm³/mol. The third kappa shape index (κ3) is 6.09. The number of aryl methyl sites for hydroxylation is 1. The summed E-state index contributed by atoms with van der Waals surface area (Å²) in [6, 6.07) is 9.96. The van der Waals surface area contributed by atoms with Gasteiger partial charge in [-0.1, -0.05) is 55.9 Å². The van der Waals surface area contributed by atoms with Gasteiger partial charge in [0.2, 0.25) is 5.91 Å². The molecule has 6 nitrogen and oxygen atoms in total. The van der Waals surface area contributed by atoms with Gasteiger partial charge in [0.25, 0.3) is 0 Å². The predicted octanol–water partition coefficient (Wildman–Crippen LogP) is 3.07. The third-order valence-corrected chi connectivity index (χ3v) is 7.65. The van der Waals surface area contributed by atoms with Crippen molar-refractivity contribution in [3.8, 4) is 0 Å². The Labute approximate surface area is 177 Å². The maximum atomic E-state index is 12.9. The maximum Gasteiger partial charge on any atom is 0.233 e. The summed E-state index contributed by atoms with van der Waals surface area (Å²) in [6.07, 6.45) is 1.28. The summed E-state index contributed by atoms with van der Waals surface area (Å²) in [6.45, 7) is 6.66. The maximum absolute atomic E-state index is 12.9. The minimum Gasteiger partial charge on any atom is -0.338 e. The molecule has 8 heteroatoms. The van der Waals surface area contributed by atoms with Crippen LogP contribution in [-0.4, -0.2) is 59.0 Å². The van der Waals surface area contributed by atoms with Gasteiger partial charge >= 0.3 is 0 Å². The van der Waals surface area contributed by atoms with Gasteiger partial charge in [0.1, 0.15) is 0 Å². The molecule has 1 amide bonds. The molecule has 1 N–H and O–H groups in total. The zero-order chi connectivity index (χ0) is 21.0. The minimum absolute atomic E-state index is 0.0236. The zero-order valence-electron chi connectivity index (χ0n) is 17.2. The minimum atomic E-state index is -3.03. The normalized spacial score (nSPS) is 18.3. The molecule has 2 heterocycles. The highest BCUT2D eigenvalue weighted by atomic mass is 32.2. The van der Waals surface area contributed by atoms with Crippen molar-refractivity contribution in [2.45, 2.75) is 44.8 Å². The number of hydrogen-bond acceptors (Lipinski definition) is 5. The van der Waals surface area contributed by atoms with Crippen LogP contribution in [0.25, 0.3) is 0 Å². The molecule has 1 aliphatic heterocycles. The molecular formula is C21H29N3O3S2. The van der Waals surface area contributed by atoms with Crippen LogP contribution in [0.4, 0.5) is 0 Å². The van der Waals surface area contributed by atoms with E-state index in [4.69, 9.17) is 0 Å². The molecule has 0 radical (unpaired) electrons. The van der Waals surface area contributed by atoms with Gasteiger partial charge in [-0.15, -0.1) is 0 Å². The van der Waals surface area contributed by atoms with Crippen molar-refractivity contribution in [2.24, 2.45) is 5.92 Å². The molecular weight excluding hydrogens is 406 g/mol. The number of aromatic nitrogens is 2. The summed E-state index contributed by atoms with van der Waals surface area (Å²) >= 11 is 1.38. The van der Waals surface area contributed by atoms with Gasteiger partial charge in [0.15, 0.2) is 15.0 Å². The van der Waals surface area contributed by atoms with Crippen molar-refractivity contribution >= 4 is 27.5 Å². The number of nitrogens with zero attached hydrogens (tertiary/aromatic N) is 2. The molecule has 29 heavy (non-hydrogen) atoms. The monoisotopic (exact) mass is 435 g/mol. The number of carbonyl (C=O) groups is 1. The molecule has 2 aromatic rings. The van der Waals surface area contributed by atoms with Crippen LogP contribution in [0.5, 0.6) is 0 Å². The number of hydrogen-bond donors (Lipinski definition) is 1. The number of sulfone groups is 1. The molecule has 1 saturated heterocycles. The Bertz CT molecular complexity index is 939. The summed E-state index contributed by atoms with van der Waals surface area (Å²) in [5, 5.41) is 0.727. The van der Waals surface area contributed by atoms with Crippen molar-refractivity contribution in [2.75, 3.05) is 23.8 Å². The van der Waals surface area contributed by atoms with Gasteiger partial charge in [0, 0.05) is 24.7 Å². The molecule has 1 fully saturated rings. The first-order chi connectivity index (χ1) is 13.7. The lowest BCUT2D eigenvalue weighted by Crippen LogP contribution is -2.44. The van der Waals surface area contributed by atoms with E-state index in [9.17, 15) is 13.2 Å². The van der Waals surface area contributed by atoms with Crippen LogP contribution in [0.2, 0.25) is 0 Å². The molecule has 158 valence electrons. The molecule has 0 spiro atoms. The number of amides is 1. The molecule has 1 aliphatic rings. The Hall–Kier alpha value is -1.80. The Morgan fingerprint density at radius 1 is 1.31 bits per heavy atom. The number of carbonyl (C=O) groups excluding carboxylic acids is 1. The molecule has 0 unspecified atom stereocenters. The van der Waals surface area contributed by atoms with Gasteiger partial charge in [-0.05, 0) is 24.8 Å². The number of benzene rings is 1. The van der Waals surface area contributed by atoms with Gasteiger partial charge in [0.05, 0.1) is 23.0 Å². The molecule has 0 aliphatic carbocycles. The zero-order valence-corrected chi connectivity index (χ0v) is 18.9. The summed E-state index contributed by atoms with van der Waals surface area (Å²) in [5.74, 6) is 0.769. The van der Waals surface area contributed by atoms with E-state index in [-0.39, 0.29) is 35.1 Å². The van der Waals surface area contributed by atoms with Crippen molar-refractivity contribution in [1.82, 2.24) is 14.9 Å². The highest BCUT2D eigenvalue weighted by molar-refractivity contribution is 7.99. The Morgan fingerprint density at radius 3 is 2.66 bits per heavy atom. The highest BCUT2D eigenvalue weighted by Gasteiger charge is 2.34. The molecule has 1 aromatic heterocycles. The van der Waals surface area contributed by atoms with Crippen LogP contribution in [0.3, 0.4) is 0 Å². The van der Waals surface area contributed by atoms with E-state index in [2.05, 4.69) is 22.1 Å². The van der Waals surface area contributed by atoms with Gasteiger partial charge in [-0.3, -0.25) is 4.79 Å². The molecule has 1 aromatic carbocycles. The average molecular weight is 436 g/mol. The fraction of sp³-hybridized carbons (Fsp3) is 0.524. The number of H-pyrrole nitrogens is 1. The van der Waals surface area contributed by atoms with Crippen LogP contribution >= 0.6 is 11.8 Å². The van der Waals surface area contributed by atoms with E-state index < -0.39 is 9.84 Å². The first-order valence-electron chi connectivity index (χ1n) is 9.95. The Balaban J connectivity index is 1.63. The largest absolute Gasteiger partial charge is 0.338 e. The first-order valence-corrected chi connectivity index (χ1v) is 12.8. The average Bonchev–Trinajstić information content (AvgIpc) is 3.20. The quantitative estimate of drug-likeness (QED) is 0.644. The lowest BCUT2D eigenvalue weighted by molar-refractivity contribution is -0.130. The van der Waals surface area contributed by atoms with Gasteiger partial charge < -0.3 is 9.88 Å². The second-order valence-corrected chi connectivity index (χ2v) is 11.3. The Kier molecular flexibility index (Phi) is 7.05. The van der Waals surface area contributed by atoms with E-state index >= 15 is 0 Å². The second-order valence-electron chi connectivity index (χ2n) is 8.06. The Morgan fingerprint density at radius 2 is 2.03 bits per heavy atom. The molecule has 3 rings (SSSR count). The van der Waals surface area contributed by atoms with E-state index in [1.165, 1.54) is 17.3 Å². The number of thioether (sulfide) groups is 1. The third-order valence-electron chi connectivity index (χ3n) is 5.04. The summed E-state index contributed by atoms with van der Waals surface area (Å²) < 4.78 is 23.7. The van der Waals surface area contributed by atoms with Crippen LogP contribution in [0.1, 0.15) is 37.2 Å². The summed E-state index contributed by atoms with van der Waals surface area (Å²) in [4.78, 5) is 22.6. The number of imidazole rings is 1. The van der Waals surface area contributed by atoms with Crippen LogP contribution in [0.15, 0.2) is 35.5 Å². The number of nitrogens with one attached hydrogen (secondary N) is 1. The first kappa shape index (κ1) is 21.9. The lowest BCUT2D eigenvalue weighted by Gasteiger charge is -2.29. The molecule has 0 saturated carbocycles. The number of rotatable bonds is 8. The fourth-order valence-electron chi connectivity index (χ4n) is 3.58. The SMILES string of the molecule is Cc1[nH]c(SCC(=O)N(CC(C)C)[C@@H]2CCS(=O)(=O)C2)nc1Cc1ccccc1. The van der Waals surface area contributed by atoms with E-state index in [0.717, 1.165) is 23.0 Å². The van der Waals surface area contributed by atoms with E-state index in [0.29, 0.717) is 13.0 Å². The standard InChI is InChI=1S/C21H29N3O3S2/c1-15(2)12-24(18-9-10-29(26,27)14-18)20(25)13-28-21-22-16(3)19(23-21)11-17-7-5-4-6-8-17/h4-8,15,18H,9-14H2,1-3H3,(H,22,23)/t18-/m1/s1. The van der Waals surface area contributed by atoms with E-state index in [1.54, 1.807) is 4.90 Å². The van der Waals surface area contributed by atoms with Gasteiger partial charge in [-0.25, -0.2) is 13.4 Å².